The highest BCUT2D eigenvalue weighted by Gasteiger charge is 2.08. The Labute approximate surface area is 110 Å². The van der Waals surface area contributed by atoms with E-state index in [-0.39, 0.29) is 11.3 Å². The van der Waals surface area contributed by atoms with Gasteiger partial charge in [0.2, 0.25) is 0 Å². The Morgan fingerprint density at radius 3 is 2.56 bits per heavy atom. The summed E-state index contributed by atoms with van der Waals surface area (Å²) in [6.45, 7) is 0. The second kappa shape index (κ2) is 5.14. The van der Waals surface area contributed by atoms with Gasteiger partial charge in [0, 0.05) is 6.42 Å². The van der Waals surface area contributed by atoms with Gasteiger partial charge in [-0.1, -0.05) is 36.5 Å². The smallest absolute Gasteiger partial charge is 0.342 e. The monoisotopic (exact) mass is 260 g/mol. The third-order valence-corrected chi connectivity index (χ3v) is 3.03. The summed E-state index contributed by atoms with van der Waals surface area (Å²) >= 11 is 4.80. The summed E-state index contributed by atoms with van der Waals surface area (Å²) in [6, 6.07) is 11.5. The van der Waals surface area contributed by atoms with Gasteiger partial charge >= 0.3 is 5.97 Å². The molecule has 3 nitrogen and oxygen atoms in total. The number of fused-ring (bicyclic) bond motifs is 1. The van der Waals surface area contributed by atoms with Crippen molar-refractivity contribution in [2.45, 2.75) is 6.42 Å². The summed E-state index contributed by atoms with van der Waals surface area (Å²) < 4.78 is 5.15. The van der Waals surface area contributed by atoms with E-state index in [4.69, 9.17) is 22.1 Å². The van der Waals surface area contributed by atoms with Crippen molar-refractivity contribution < 1.29 is 14.6 Å². The van der Waals surface area contributed by atoms with Crippen LogP contribution in [0, 0.1) is 0 Å². The third kappa shape index (κ3) is 2.65. The van der Waals surface area contributed by atoms with E-state index in [0.29, 0.717) is 0 Å². The van der Waals surface area contributed by atoms with Crippen LogP contribution in [-0.4, -0.2) is 23.1 Å². The van der Waals surface area contributed by atoms with Gasteiger partial charge in [0.05, 0.1) is 7.11 Å². The number of rotatable bonds is 4. The fraction of sp³-hybridized carbons (Fsp3) is 0.143. The minimum atomic E-state index is -1.03. The first-order chi connectivity index (χ1) is 8.60. The summed E-state index contributed by atoms with van der Waals surface area (Å²) in [6.07, 6.45) is 0.284. The molecule has 2 rings (SSSR count). The van der Waals surface area contributed by atoms with E-state index in [1.54, 1.807) is 7.11 Å². The first kappa shape index (κ1) is 12.5. The Kier molecular flexibility index (Phi) is 3.58. The van der Waals surface area contributed by atoms with Gasteiger partial charge in [-0.3, -0.25) is 0 Å². The molecule has 2 aromatic rings. The highest BCUT2D eigenvalue weighted by Crippen LogP contribution is 2.22. The molecule has 0 saturated carbocycles. The van der Waals surface area contributed by atoms with Gasteiger partial charge in [0.15, 0.2) is 0 Å². The van der Waals surface area contributed by atoms with E-state index < -0.39 is 5.97 Å². The minimum Gasteiger partial charge on any atom is -0.497 e. The highest BCUT2D eigenvalue weighted by atomic mass is 32.1. The molecule has 0 aliphatic heterocycles. The Morgan fingerprint density at radius 1 is 1.22 bits per heavy atom. The molecule has 0 atom stereocenters. The van der Waals surface area contributed by atoms with Gasteiger partial charge in [-0.25, -0.2) is 4.79 Å². The molecule has 0 unspecified atom stereocenters. The number of hydrogen-bond donors (Lipinski definition) is 1. The number of thiocarbonyl (C=S) groups is 1. The quantitative estimate of drug-likeness (QED) is 0.859. The molecule has 0 spiro atoms. The topological polar surface area (TPSA) is 46.5 Å². The molecule has 18 heavy (non-hydrogen) atoms. The van der Waals surface area contributed by atoms with Crippen molar-refractivity contribution in [3.8, 4) is 5.75 Å². The zero-order valence-corrected chi connectivity index (χ0v) is 10.7. The summed E-state index contributed by atoms with van der Waals surface area (Å²) in [5, 5.41) is 10.9. The van der Waals surface area contributed by atoms with Gasteiger partial charge in [-0.15, -0.1) is 0 Å². The number of aliphatic carboxylic acids is 1. The average Bonchev–Trinajstić information content (AvgIpc) is 2.37. The Hall–Kier alpha value is -1.94. The molecule has 0 aliphatic carbocycles. The fourth-order valence-corrected chi connectivity index (χ4v) is 1.94. The Morgan fingerprint density at radius 2 is 1.89 bits per heavy atom. The molecule has 0 bridgehead atoms. The van der Waals surface area contributed by atoms with Crippen LogP contribution in [0.3, 0.4) is 0 Å². The van der Waals surface area contributed by atoms with Crippen LogP contribution in [0.1, 0.15) is 5.56 Å². The third-order valence-electron chi connectivity index (χ3n) is 2.72. The van der Waals surface area contributed by atoms with Crippen LogP contribution in [0.2, 0.25) is 0 Å². The number of ether oxygens (including phenoxy) is 1. The molecule has 0 aliphatic rings. The lowest BCUT2D eigenvalue weighted by atomic mass is 10.0. The van der Waals surface area contributed by atoms with Gasteiger partial charge in [-0.05, 0) is 28.5 Å². The molecule has 0 radical (unpaired) electrons. The molecule has 1 N–H and O–H groups in total. The van der Waals surface area contributed by atoms with Crippen LogP contribution in [0.5, 0.6) is 5.75 Å². The zero-order valence-electron chi connectivity index (χ0n) is 9.84. The number of carboxylic acid groups (broad SMARTS) is 1. The van der Waals surface area contributed by atoms with Crippen molar-refractivity contribution in [2.24, 2.45) is 0 Å². The molecule has 0 heterocycles. The molecule has 0 amide bonds. The molecule has 2 aromatic carbocycles. The molecular formula is C14H12O3S. The second-order valence-electron chi connectivity index (χ2n) is 3.95. The van der Waals surface area contributed by atoms with Gasteiger partial charge in [0.1, 0.15) is 10.6 Å². The molecule has 92 valence electrons. The Bertz CT molecular complexity index is 619. The molecule has 0 fully saturated rings. The first-order valence-electron chi connectivity index (χ1n) is 5.43. The number of benzene rings is 2. The van der Waals surface area contributed by atoms with Crippen LogP contribution >= 0.6 is 12.2 Å². The van der Waals surface area contributed by atoms with Crippen molar-refractivity contribution in [1.29, 1.82) is 0 Å². The predicted octanol–water partition coefficient (Wildman–Crippen LogP) is 2.85. The fourth-order valence-electron chi connectivity index (χ4n) is 1.77. The number of carbonyl (C=O) groups is 1. The maximum Gasteiger partial charge on any atom is 0.342 e. The standard InChI is InChI=1S/C14H12O3S/c1-17-12-5-4-10-6-9(2-3-11(10)8-12)7-13(18)14(15)16/h2-6,8H,7H2,1H3,(H,15,16). The van der Waals surface area contributed by atoms with Crippen LogP contribution in [0.4, 0.5) is 0 Å². The van der Waals surface area contributed by atoms with Crippen LogP contribution in [-0.2, 0) is 11.2 Å². The lowest BCUT2D eigenvalue weighted by molar-refractivity contribution is -0.129. The van der Waals surface area contributed by atoms with Gasteiger partial charge < -0.3 is 9.84 Å². The second-order valence-corrected chi connectivity index (χ2v) is 4.45. The van der Waals surface area contributed by atoms with E-state index in [1.165, 1.54) is 0 Å². The van der Waals surface area contributed by atoms with Crippen molar-refractivity contribution in [2.75, 3.05) is 7.11 Å². The molecule has 0 aromatic heterocycles. The maximum absolute atomic E-state index is 10.7. The van der Waals surface area contributed by atoms with E-state index in [1.807, 2.05) is 36.4 Å². The highest BCUT2D eigenvalue weighted by molar-refractivity contribution is 7.82. The van der Waals surface area contributed by atoms with Crippen LogP contribution in [0.15, 0.2) is 36.4 Å². The van der Waals surface area contributed by atoms with Gasteiger partial charge in [0.25, 0.3) is 0 Å². The Balaban J connectivity index is 2.33. The molecular weight excluding hydrogens is 248 g/mol. The predicted molar refractivity (Wildman–Crippen MR) is 74.4 cm³/mol. The summed E-state index contributed by atoms with van der Waals surface area (Å²) in [7, 11) is 1.63. The normalized spacial score (nSPS) is 10.3. The van der Waals surface area contributed by atoms with E-state index in [2.05, 4.69) is 0 Å². The summed E-state index contributed by atoms with van der Waals surface area (Å²) in [5.74, 6) is -0.226. The summed E-state index contributed by atoms with van der Waals surface area (Å²) in [5.41, 5.74) is 0.903. The largest absolute Gasteiger partial charge is 0.497 e. The lowest BCUT2D eigenvalue weighted by Crippen LogP contribution is -2.12. The molecule has 4 heteroatoms. The van der Waals surface area contributed by atoms with E-state index in [0.717, 1.165) is 22.1 Å². The van der Waals surface area contributed by atoms with Crippen molar-refractivity contribution in [3.05, 3.63) is 42.0 Å². The first-order valence-corrected chi connectivity index (χ1v) is 5.84. The number of hydrogen-bond acceptors (Lipinski definition) is 3. The van der Waals surface area contributed by atoms with Crippen molar-refractivity contribution in [1.82, 2.24) is 0 Å². The van der Waals surface area contributed by atoms with E-state index in [9.17, 15) is 4.79 Å². The minimum absolute atomic E-state index is 0.0304. The van der Waals surface area contributed by atoms with Crippen LogP contribution < -0.4 is 4.74 Å². The average molecular weight is 260 g/mol. The SMILES string of the molecule is COc1ccc2cc(CC(=S)C(=O)O)ccc2c1. The lowest BCUT2D eigenvalue weighted by Gasteiger charge is -2.05. The van der Waals surface area contributed by atoms with Crippen molar-refractivity contribution in [3.63, 3.8) is 0 Å². The molecule has 0 saturated heterocycles. The maximum atomic E-state index is 10.7. The van der Waals surface area contributed by atoms with Gasteiger partial charge in [-0.2, -0.15) is 0 Å². The summed E-state index contributed by atoms with van der Waals surface area (Å²) in [4.78, 5) is 10.7. The number of methoxy groups -OCH3 is 1. The van der Waals surface area contributed by atoms with Crippen LogP contribution in [0.25, 0.3) is 10.8 Å². The zero-order chi connectivity index (χ0) is 13.1. The van der Waals surface area contributed by atoms with Crippen molar-refractivity contribution >= 4 is 33.8 Å². The number of carboxylic acids is 1. The van der Waals surface area contributed by atoms with E-state index >= 15 is 0 Å².